The first kappa shape index (κ1) is 14.8. The lowest BCUT2D eigenvalue weighted by atomic mass is 9.96. The second kappa shape index (κ2) is 6.22. The van der Waals surface area contributed by atoms with Crippen LogP contribution in [0.15, 0.2) is 18.2 Å². The predicted octanol–water partition coefficient (Wildman–Crippen LogP) is 1.95. The van der Waals surface area contributed by atoms with Crippen molar-refractivity contribution in [2.75, 3.05) is 33.7 Å². The van der Waals surface area contributed by atoms with Crippen molar-refractivity contribution in [2.45, 2.75) is 12.8 Å². The Hall–Kier alpha value is -1.62. The van der Waals surface area contributed by atoms with Crippen LogP contribution in [0, 0.1) is 11.7 Å². The number of piperidine rings is 1. The summed E-state index contributed by atoms with van der Waals surface area (Å²) >= 11 is 0. The van der Waals surface area contributed by atoms with Crippen LogP contribution in [0.3, 0.4) is 0 Å². The van der Waals surface area contributed by atoms with Gasteiger partial charge in [-0.05, 0) is 51.0 Å². The molecule has 1 aliphatic heterocycles. The normalized spacial score (nSPS) is 17.1. The van der Waals surface area contributed by atoms with Crippen LogP contribution in [0.25, 0.3) is 0 Å². The highest BCUT2D eigenvalue weighted by Gasteiger charge is 2.22. The molecule has 0 spiro atoms. The number of nitrogens with zero attached hydrogens (tertiary/aromatic N) is 2. The second-order valence-corrected chi connectivity index (χ2v) is 5.59. The Morgan fingerprint density at radius 2 is 2.10 bits per heavy atom. The molecule has 110 valence electrons. The van der Waals surface area contributed by atoms with E-state index in [1.165, 1.54) is 12.1 Å². The van der Waals surface area contributed by atoms with Crippen molar-refractivity contribution < 1.29 is 14.3 Å². The van der Waals surface area contributed by atoms with Crippen LogP contribution in [0.4, 0.5) is 4.39 Å². The Morgan fingerprint density at radius 1 is 1.45 bits per heavy atom. The Balaban J connectivity index is 1.98. The molecule has 1 heterocycles. The zero-order valence-electron chi connectivity index (χ0n) is 12.0. The van der Waals surface area contributed by atoms with Gasteiger partial charge >= 0.3 is 0 Å². The fourth-order valence-electron chi connectivity index (χ4n) is 2.61. The summed E-state index contributed by atoms with van der Waals surface area (Å²) in [6, 6.07) is 3.49. The van der Waals surface area contributed by atoms with Gasteiger partial charge in [-0.3, -0.25) is 4.79 Å². The molecule has 0 unspecified atom stereocenters. The molecule has 1 aliphatic rings. The van der Waals surface area contributed by atoms with E-state index < -0.39 is 5.82 Å². The number of halogens is 1. The van der Waals surface area contributed by atoms with Gasteiger partial charge in [-0.1, -0.05) is 0 Å². The molecule has 4 nitrogen and oxygen atoms in total. The number of carbonyl (C=O) groups excluding carboxylic acids is 1. The highest BCUT2D eigenvalue weighted by Crippen LogP contribution is 2.22. The summed E-state index contributed by atoms with van der Waals surface area (Å²) in [5.41, 5.74) is 0.154. The van der Waals surface area contributed by atoms with Gasteiger partial charge < -0.3 is 14.9 Å². The number of hydrogen-bond donors (Lipinski definition) is 1. The van der Waals surface area contributed by atoms with Gasteiger partial charge in [0.1, 0.15) is 11.6 Å². The lowest BCUT2D eigenvalue weighted by Gasteiger charge is -2.31. The highest BCUT2D eigenvalue weighted by atomic mass is 19.1. The van der Waals surface area contributed by atoms with Gasteiger partial charge in [0.2, 0.25) is 0 Å². The molecule has 1 fully saturated rings. The maximum atomic E-state index is 12.9. The standard InChI is InChI=1S/C15H21FN2O2/c1-17-7-5-11(6-8-17)10-18(2)15(20)13-4-3-12(16)9-14(13)19/h3-4,9,11,19H,5-8,10H2,1-2H3. The number of carbonyl (C=O) groups is 1. The van der Waals surface area contributed by atoms with E-state index in [4.69, 9.17) is 0 Å². The van der Waals surface area contributed by atoms with Gasteiger partial charge in [0.05, 0.1) is 5.56 Å². The topological polar surface area (TPSA) is 43.8 Å². The van der Waals surface area contributed by atoms with Crippen LogP contribution in [0.1, 0.15) is 23.2 Å². The summed E-state index contributed by atoms with van der Waals surface area (Å²) in [5.74, 6) is -0.619. The minimum absolute atomic E-state index is 0.154. The van der Waals surface area contributed by atoms with Crippen LogP contribution >= 0.6 is 0 Å². The number of benzene rings is 1. The lowest BCUT2D eigenvalue weighted by molar-refractivity contribution is 0.0744. The number of aromatic hydroxyl groups is 1. The molecule has 1 N–H and O–H groups in total. The average Bonchev–Trinajstić information content (AvgIpc) is 2.40. The molecule has 1 saturated heterocycles. The Morgan fingerprint density at radius 3 is 2.70 bits per heavy atom. The van der Waals surface area contributed by atoms with Gasteiger partial charge in [-0.25, -0.2) is 4.39 Å². The number of hydrogen-bond acceptors (Lipinski definition) is 3. The molecule has 1 aromatic rings. The molecule has 1 amide bonds. The summed E-state index contributed by atoms with van der Waals surface area (Å²) in [7, 11) is 3.82. The van der Waals surface area contributed by atoms with Crippen molar-refractivity contribution in [3.63, 3.8) is 0 Å². The zero-order chi connectivity index (χ0) is 14.7. The molecular formula is C15H21FN2O2. The number of likely N-dealkylation sites (tertiary alicyclic amines) is 1. The smallest absolute Gasteiger partial charge is 0.257 e. The van der Waals surface area contributed by atoms with Crippen molar-refractivity contribution in [2.24, 2.45) is 5.92 Å². The van der Waals surface area contributed by atoms with Gasteiger partial charge in [-0.2, -0.15) is 0 Å². The van der Waals surface area contributed by atoms with Crippen molar-refractivity contribution in [1.82, 2.24) is 9.80 Å². The zero-order valence-corrected chi connectivity index (χ0v) is 12.0. The minimum Gasteiger partial charge on any atom is -0.507 e. The molecular weight excluding hydrogens is 259 g/mol. The van der Waals surface area contributed by atoms with E-state index >= 15 is 0 Å². The minimum atomic E-state index is -0.544. The first-order valence-electron chi connectivity index (χ1n) is 6.90. The Kier molecular flexibility index (Phi) is 4.60. The first-order chi connectivity index (χ1) is 9.47. The lowest BCUT2D eigenvalue weighted by Crippen LogP contribution is -2.38. The maximum absolute atomic E-state index is 12.9. The average molecular weight is 280 g/mol. The summed E-state index contributed by atoms with van der Waals surface area (Å²) in [5, 5.41) is 9.66. The third kappa shape index (κ3) is 3.48. The summed E-state index contributed by atoms with van der Waals surface area (Å²) < 4.78 is 12.9. The van der Waals surface area contributed by atoms with Crippen LogP contribution in [0.2, 0.25) is 0 Å². The van der Waals surface area contributed by atoms with Gasteiger partial charge in [-0.15, -0.1) is 0 Å². The molecule has 2 rings (SSSR count). The summed E-state index contributed by atoms with van der Waals surface area (Å²) in [6.07, 6.45) is 2.15. The van der Waals surface area contributed by atoms with Crippen molar-refractivity contribution in [3.05, 3.63) is 29.6 Å². The molecule has 20 heavy (non-hydrogen) atoms. The van der Waals surface area contributed by atoms with Crippen molar-refractivity contribution >= 4 is 5.91 Å². The number of phenols is 1. The molecule has 5 heteroatoms. The van der Waals surface area contributed by atoms with Crippen molar-refractivity contribution in [1.29, 1.82) is 0 Å². The van der Waals surface area contributed by atoms with E-state index in [-0.39, 0.29) is 17.2 Å². The van der Waals surface area contributed by atoms with Crippen molar-refractivity contribution in [3.8, 4) is 5.75 Å². The van der Waals surface area contributed by atoms with Crippen LogP contribution in [-0.2, 0) is 0 Å². The molecule has 0 saturated carbocycles. The van der Waals surface area contributed by atoms with Crippen LogP contribution in [0.5, 0.6) is 5.75 Å². The summed E-state index contributed by atoms with van der Waals surface area (Å²) in [6.45, 7) is 2.77. The van der Waals surface area contributed by atoms with Gasteiger partial charge in [0.25, 0.3) is 5.91 Å². The SMILES string of the molecule is CN1CCC(CN(C)C(=O)c2ccc(F)cc2O)CC1. The maximum Gasteiger partial charge on any atom is 0.257 e. The van der Waals surface area contributed by atoms with E-state index in [0.29, 0.717) is 12.5 Å². The monoisotopic (exact) mass is 280 g/mol. The highest BCUT2D eigenvalue weighted by molar-refractivity contribution is 5.96. The quantitative estimate of drug-likeness (QED) is 0.920. The number of rotatable bonds is 3. The largest absolute Gasteiger partial charge is 0.507 e. The summed E-state index contributed by atoms with van der Waals surface area (Å²) in [4.78, 5) is 16.1. The fraction of sp³-hybridized carbons (Fsp3) is 0.533. The Bertz CT molecular complexity index is 485. The van der Waals surface area contributed by atoms with E-state index in [0.717, 1.165) is 32.0 Å². The number of amides is 1. The molecule has 0 aromatic heterocycles. The van der Waals surface area contributed by atoms with Gasteiger partial charge in [0, 0.05) is 19.7 Å². The molecule has 0 atom stereocenters. The van der Waals surface area contributed by atoms with Gasteiger partial charge in [0.15, 0.2) is 0 Å². The predicted molar refractivity (Wildman–Crippen MR) is 75.2 cm³/mol. The van der Waals surface area contributed by atoms with E-state index in [2.05, 4.69) is 11.9 Å². The molecule has 1 aromatic carbocycles. The molecule has 0 radical (unpaired) electrons. The molecule has 0 aliphatic carbocycles. The first-order valence-corrected chi connectivity index (χ1v) is 6.90. The van der Waals surface area contributed by atoms with Crippen LogP contribution < -0.4 is 0 Å². The molecule has 0 bridgehead atoms. The third-order valence-corrected chi connectivity index (χ3v) is 3.91. The second-order valence-electron chi connectivity index (χ2n) is 5.59. The van der Waals surface area contributed by atoms with E-state index in [9.17, 15) is 14.3 Å². The van der Waals surface area contributed by atoms with E-state index in [1.807, 2.05) is 0 Å². The Labute approximate surface area is 118 Å². The van der Waals surface area contributed by atoms with E-state index in [1.54, 1.807) is 11.9 Å². The fourth-order valence-corrected chi connectivity index (χ4v) is 2.61. The van der Waals surface area contributed by atoms with Crippen LogP contribution in [-0.4, -0.2) is 54.5 Å². The number of phenolic OH excluding ortho intramolecular Hbond substituents is 1. The third-order valence-electron chi connectivity index (χ3n) is 3.91.